The molecule has 1 heterocycles. The van der Waals surface area contributed by atoms with Gasteiger partial charge in [-0.3, -0.25) is 4.79 Å². The predicted octanol–water partition coefficient (Wildman–Crippen LogP) is 5.15. The number of carbonyl (C=O) groups is 1. The minimum absolute atomic E-state index is 0.0717. The highest BCUT2D eigenvalue weighted by Gasteiger charge is 2.54. The third-order valence-electron chi connectivity index (χ3n) is 8.50. The molecule has 4 unspecified atom stereocenters. The van der Waals surface area contributed by atoms with Gasteiger partial charge in [-0.2, -0.15) is 0 Å². The van der Waals surface area contributed by atoms with Crippen molar-refractivity contribution < 1.29 is 14.6 Å². The topological polar surface area (TPSA) is 49.8 Å². The van der Waals surface area contributed by atoms with E-state index in [-0.39, 0.29) is 17.8 Å². The smallest absolute Gasteiger partial charge is 0.156 e. The van der Waals surface area contributed by atoms with Crippen molar-refractivity contribution in [1.82, 2.24) is 0 Å². The second kappa shape index (κ2) is 8.00. The molecule has 3 aliphatic carbocycles. The van der Waals surface area contributed by atoms with E-state index in [4.69, 9.17) is 4.74 Å². The first kappa shape index (κ1) is 21.7. The molecule has 4 aliphatic rings. The third kappa shape index (κ3) is 3.39. The second-order valence-corrected chi connectivity index (χ2v) is 10.4. The van der Waals surface area contributed by atoms with Crippen molar-refractivity contribution in [3.8, 4) is 0 Å². The highest BCUT2D eigenvalue weighted by Crippen LogP contribution is 2.57. The Bertz CT molecular complexity index is 1000. The molecule has 0 radical (unpaired) electrons. The molecule has 0 spiro atoms. The van der Waals surface area contributed by atoms with Gasteiger partial charge in [0.25, 0.3) is 0 Å². The van der Waals surface area contributed by atoms with Gasteiger partial charge in [0.15, 0.2) is 5.78 Å². The molecule has 1 aromatic rings. The first-order valence-electron chi connectivity index (χ1n) is 12.0. The van der Waals surface area contributed by atoms with E-state index in [1.807, 2.05) is 13.0 Å². The summed E-state index contributed by atoms with van der Waals surface area (Å²) in [5.41, 5.74) is 6.30. The number of ketones is 1. The molecule has 0 amide bonds. The molecule has 1 saturated carbocycles. The summed E-state index contributed by atoms with van der Waals surface area (Å²) in [5.74, 6) is 1.10. The van der Waals surface area contributed by atoms with Crippen LogP contribution >= 0.6 is 0 Å². The maximum absolute atomic E-state index is 12.2. The van der Waals surface area contributed by atoms with Crippen molar-refractivity contribution in [2.75, 3.05) is 25.6 Å². The van der Waals surface area contributed by atoms with Crippen LogP contribution < -0.4 is 4.90 Å². The number of fused-ring (bicyclic) bond motifs is 4. The summed E-state index contributed by atoms with van der Waals surface area (Å²) < 4.78 is 6.71. The van der Waals surface area contributed by atoms with Crippen molar-refractivity contribution >= 4 is 11.5 Å². The number of allylic oxidation sites excluding steroid dienone is 3. The van der Waals surface area contributed by atoms with Gasteiger partial charge in [-0.25, -0.2) is 0 Å². The van der Waals surface area contributed by atoms with Gasteiger partial charge in [-0.15, -0.1) is 0 Å². The summed E-state index contributed by atoms with van der Waals surface area (Å²) in [7, 11) is 4.10. The van der Waals surface area contributed by atoms with Gasteiger partial charge in [0.1, 0.15) is 6.10 Å². The van der Waals surface area contributed by atoms with Crippen molar-refractivity contribution in [2.45, 2.75) is 57.2 Å². The van der Waals surface area contributed by atoms with Crippen LogP contribution in [0.3, 0.4) is 0 Å². The van der Waals surface area contributed by atoms with Gasteiger partial charge >= 0.3 is 0 Å². The van der Waals surface area contributed by atoms with Crippen LogP contribution in [0.1, 0.15) is 57.1 Å². The fourth-order valence-electron chi connectivity index (χ4n) is 6.72. The van der Waals surface area contributed by atoms with Crippen molar-refractivity contribution in [1.29, 1.82) is 0 Å². The lowest BCUT2D eigenvalue weighted by Gasteiger charge is -2.38. The highest BCUT2D eigenvalue weighted by atomic mass is 16.5. The molecule has 2 fully saturated rings. The minimum atomic E-state index is -0.844. The van der Waals surface area contributed by atoms with E-state index < -0.39 is 5.60 Å². The first-order chi connectivity index (χ1) is 15.3. The zero-order valence-corrected chi connectivity index (χ0v) is 19.6. The van der Waals surface area contributed by atoms with Gasteiger partial charge in [0, 0.05) is 32.1 Å². The summed E-state index contributed by atoms with van der Waals surface area (Å²) in [6.07, 6.45) is 6.92. The van der Waals surface area contributed by atoms with Gasteiger partial charge in [0.2, 0.25) is 0 Å². The number of anilines is 1. The lowest BCUT2D eigenvalue weighted by atomic mass is 9.66. The number of rotatable bonds is 3. The van der Waals surface area contributed by atoms with Crippen LogP contribution in [0.5, 0.6) is 0 Å². The van der Waals surface area contributed by atoms with Crippen LogP contribution in [0.25, 0.3) is 0 Å². The van der Waals surface area contributed by atoms with Gasteiger partial charge in [-0.1, -0.05) is 18.7 Å². The molecule has 4 heteroatoms. The zero-order chi connectivity index (χ0) is 22.6. The second-order valence-electron chi connectivity index (χ2n) is 10.4. The summed E-state index contributed by atoms with van der Waals surface area (Å²) >= 11 is 0. The summed E-state index contributed by atoms with van der Waals surface area (Å²) in [6.45, 7) is 6.64. The molecule has 5 rings (SSSR count). The number of benzene rings is 1. The SMILES string of the molecule is C=C(C)[C@]1(O)CCC2C3CCC4=CC(=O)CCC4=C3C(c3ccc(N(C)C)cc3)OCC21. The van der Waals surface area contributed by atoms with Crippen LogP contribution in [0.2, 0.25) is 0 Å². The average molecular weight is 434 g/mol. The molecule has 4 nitrogen and oxygen atoms in total. The Kier molecular flexibility index (Phi) is 5.42. The van der Waals surface area contributed by atoms with E-state index >= 15 is 0 Å². The van der Waals surface area contributed by atoms with Crippen LogP contribution in [-0.2, 0) is 9.53 Å². The molecule has 32 heavy (non-hydrogen) atoms. The monoisotopic (exact) mass is 433 g/mol. The molecule has 1 aliphatic heterocycles. The Labute approximate surface area is 191 Å². The van der Waals surface area contributed by atoms with E-state index in [0.29, 0.717) is 24.9 Å². The summed E-state index contributed by atoms with van der Waals surface area (Å²) in [5, 5.41) is 11.5. The first-order valence-corrected chi connectivity index (χ1v) is 12.0. The quantitative estimate of drug-likeness (QED) is 0.670. The Hall–Kier alpha value is -2.17. The van der Waals surface area contributed by atoms with E-state index in [2.05, 4.69) is 49.8 Å². The van der Waals surface area contributed by atoms with Gasteiger partial charge < -0.3 is 14.7 Å². The predicted molar refractivity (Wildman–Crippen MR) is 128 cm³/mol. The molecule has 1 aromatic carbocycles. The Morgan fingerprint density at radius 3 is 2.59 bits per heavy atom. The fourth-order valence-corrected chi connectivity index (χ4v) is 6.72. The number of carbonyl (C=O) groups excluding carboxylic acids is 1. The highest BCUT2D eigenvalue weighted by molar-refractivity contribution is 5.93. The van der Waals surface area contributed by atoms with Crippen LogP contribution in [0.4, 0.5) is 5.69 Å². The van der Waals surface area contributed by atoms with Crippen LogP contribution in [0, 0.1) is 17.8 Å². The Morgan fingerprint density at radius 1 is 1.16 bits per heavy atom. The Balaban J connectivity index is 1.62. The summed E-state index contributed by atoms with van der Waals surface area (Å²) in [4.78, 5) is 14.3. The van der Waals surface area contributed by atoms with E-state index in [0.717, 1.165) is 43.4 Å². The van der Waals surface area contributed by atoms with E-state index in [1.165, 1.54) is 22.3 Å². The van der Waals surface area contributed by atoms with Crippen molar-refractivity contribution in [3.05, 3.63) is 64.8 Å². The van der Waals surface area contributed by atoms with E-state index in [9.17, 15) is 9.90 Å². The minimum Gasteiger partial charge on any atom is -0.385 e. The summed E-state index contributed by atoms with van der Waals surface area (Å²) in [6, 6.07) is 8.67. The number of hydrogen-bond acceptors (Lipinski definition) is 4. The molecule has 1 N–H and O–H groups in total. The normalized spacial score (nSPS) is 34.2. The average Bonchev–Trinajstić information content (AvgIpc) is 3.01. The zero-order valence-electron chi connectivity index (χ0n) is 19.6. The lowest BCUT2D eigenvalue weighted by Crippen LogP contribution is -2.40. The largest absolute Gasteiger partial charge is 0.385 e. The number of aliphatic hydroxyl groups is 1. The maximum Gasteiger partial charge on any atom is 0.156 e. The molecule has 0 bridgehead atoms. The number of hydrogen-bond donors (Lipinski definition) is 1. The fraction of sp³-hybridized carbons (Fsp3) is 0.536. The van der Waals surface area contributed by atoms with Gasteiger partial charge in [0.05, 0.1) is 12.2 Å². The molecule has 0 aromatic heterocycles. The number of ether oxygens (including phenoxy) is 1. The molecule has 170 valence electrons. The van der Waals surface area contributed by atoms with Crippen molar-refractivity contribution in [3.63, 3.8) is 0 Å². The van der Waals surface area contributed by atoms with Crippen molar-refractivity contribution in [2.24, 2.45) is 17.8 Å². The van der Waals surface area contributed by atoms with Gasteiger partial charge in [-0.05, 0) is 96.9 Å². The molecular formula is C28H35NO3. The molecular weight excluding hydrogens is 398 g/mol. The van der Waals surface area contributed by atoms with Crippen LogP contribution in [-0.4, -0.2) is 37.2 Å². The lowest BCUT2D eigenvalue weighted by molar-refractivity contribution is -0.114. The number of nitrogens with zero attached hydrogens (tertiary/aromatic N) is 1. The van der Waals surface area contributed by atoms with Crippen LogP contribution in [0.15, 0.2) is 59.2 Å². The molecule has 5 atom stereocenters. The standard InChI is InChI=1S/C28H35NO3/c1-17(2)28(31)14-13-23-24-11-7-19-15-21(30)10-12-22(19)26(24)27(32-16-25(23)28)18-5-8-20(9-6-18)29(3)4/h5-6,8-9,15,23-25,27,31H,1,7,10-14,16H2,2-4H3/t23?,24?,25?,27?,28-/m1/s1. The third-order valence-corrected chi connectivity index (χ3v) is 8.50. The van der Waals surface area contributed by atoms with E-state index in [1.54, 1.807) is 0 Å². The maximum atomic E-state index is 12.2. The Morgan fingerprint density at radius 2 is 1.91 bits per heavy atom. The molecule has 1 saturated heterocycles.